The first-order valence-corrected chi connectivity index (χ1v) is 9.11. The highest BCUT2D eigenvalue weighted by Crippen LogP contribution is 2.87. The lowest BCUT2D eigenvalue weighted by Gasteiger charge is -2.30. The SMILES string of the molecule is CCN1C[C@@]2(C[C@H]1C(=O)C(C)(C)CC)C(Cl)(Cl)C21CCC1. The quantitative estimate of drug-likeness (QED) is 0.710. The van der Waals surface area contributed by atoms with Crippen LogP contribution in [0.2, 0.25) is 0 Å². The third kappa shape index (κ3) is 1.73. The normalized spacial score (nSPS) is 37.0. The molecule has 0 amide bonds. The number of fused-ring (bicyclic) bond motifs is 1. The van der Waals surface area contributed by atoms with E-state index in [0.29, 0.717) is 5.78 Å². The van der Waals surface area contributed by atoms with E-state index in [2.05, 4.69) is 32.6 Å². The molecule has 2 atom stereocenters. The third-order valence-corrected chi connectivity index (χ3v) is 8.43. The van der Waals surface area contributed by atoms with Crippen LogP contribution in [0.15, 0.2) is 0 Å². The highest BCUT2D eigenvalue weighted by Gasteiger charge is 2.89. The summed E-state index contributed by atoms with van der Waals surface area (Å²) in [6.07, 6.45) is 5.24. The average molecular weight is 332 g/mol. The molecule has 3 fully saturated rings. The molecule has 2 nitrogen and oxygen atoms in total. The van der Waals surface area contributed by atoms with E-state index in [1.807, 2.05) is 0 Å². The Morgan fingerprint density at radius 3 is 2.24 bits per heavy atom. The van der Waals surface area contributed by atoms with Gasteiger partial charge >= 0.3 is 0 Å². The Bertz CT molecular complexity index is 469. The molecule has 0 bridgehead atoms. The number of carbonyl (C=O) groups excluding carboxylic acids is 1. The minimum Gasteiger partial charge on any atom is -0.297 e. The van der Waals surface area contributed by atoms with Gasteiger partial charge in [0.2, 0.25) is 0 Å². The Kier molecular flexibility index (Phi) is 3.53. The van der Waals surface area contributed by atoms with Gasteiger partial charge in [-0.1, -0.05) is 34.1 Å². The molecule has 21 heavy (non-hydrogen) atoms. The van der Waals surface area contributed by atoms with Gasteiger partial charge in [0.15, 0.2) is 5.78 Å². The number of likely N-dealkylation sites (N-methyl/N-ethyl adjacent to an activating group) is 1. The average Bonchev–Trinajstić information content (AvgIpc) is 2.69. The van der Waals surface area contributed by atoms with Crippen LogP contribution in [0.4, 0.5) is 0 Å². The predicted molar refractivity (Wildman–Crippen MR) is 87.9 cm³/mol. The van der Waals surface area contributed by atoms with Crippen LogP contribution in [0.3, 0.4) is 0 Å². The van der Waals surface area contributed by atoms with Gasteiger partial charge in [-0.15, -0.1) is 23.2 Å². The fourth-order valence-electron chi connectivity index (χ4n) is 4.83. The number of ketones is 1. The molecular weight excluding hydrogens is 305 g/mol. The van der Waals surface area contributed by atoms with Crippen LogP contribution in [-0.4, -0.2) is 34.1 Å². The lowest BCUT2D eigenvalue weighted by Crippen LogP contribution is -2.42. The Hall–Kier alpha value is 0.210. The van der Waals surface area contributed by atoms with E-state index in [1.54, 1.807) is 0 Å². The van der Waals surface area contributed by atoms with E-state index in [1.165, 1.54) is 6.42 Å². The van der Waals surface area contributed by atoms with E-state index in [0.717, 1.165) is 38.8 Å². The number of rotatable bonds is 4. The molecule has 1 heterocycles. The lowest BCUT2D eigenvalue weighted by molar-refractivity contribution is -0.131. The molecule has 0 unspecified atom stereocenters. The monoisotopic (exact) mass is 331 g/mol. The second-order valence-corrected chi connectivity index (χ2v) is 9.30. The predicted octanol–water partition coefficient (Wildman–Crippen LogP) is 4.43. The number of carbonyl (C=O) groups is 1. The first kappa shape index (κ1) is 16.1. The zero-order valence-electron chi connectivity index (χ0n) is 13.6. The van der Waals surface area contributed by atoms with Crippen LogP contribution in [0.1, 0.15) is 59.8 Å². The smallest absolute Gasteiger partial charge is 0.155 e. The van der Waals surface area contributed by atoms with Gasteiger partial charge in [0.25, 0.3) is 0 Å². The van der Waals surface area contributed by atoms with E-state index in [4.69, 9.17) is 23.2 Å². The molecule has 0 aromatic heterocycles. The van der Waals surface area contributed by atoms with Gasteiger partial charge in [0.05, 0.1) is 6.04 Å². The second kappa shape index (κ2) is 4.61. The van der Waals surface area contributed by atoms with Crippen molar-refractivity contribution in [2.24, 2.45) is 16.2 Å². The van der Waals surface area contributed by atoms with Gasteiger partial charge in [-0.3, -0.25) is 9.69 Å². The van der Waals surface area contributed by atoms with Gasteiger partial charge in [0.1, 0.15) is 4.33 Å². The number of nitrogens with zero attached hydrogens (tertiary/aromatic N) is 1. The van der Waals surface area contributed by atoms with Crippen LogP contribution in [0, 0.1) is 16.2 Å². The van der Waals surface area contributed by atoms with Gasteiger partial charge in [-0.05, 0) is 32.2 Å². The highest BCUT2D eigenvalue weighted by molar-refractivity contribution is 6.52. The van der Waals surface area contributed by atoms with Gasteiger partial charge in [-0.25, -0.2) is 0 Å². The van der Waals surface area contributed by atoms with Crippen molar-refractivity contribution in [2.45, 2.75) is 70.2 Å². The van der Waals surface area contributed by atoms with E-state index < -0.39 is 4.33 Å². The Balaban J connectivity index is 1.87. The molecule has 1 aliphatic heterocycles. The van der Waals surface area contributed by atoms with Crippen molar-refractivity contribution >= 4 is 29.0 Å². The molecule has 3 aliphatic rings. The molecule has 0 radical (unpaired) electrons. The summed E-state index contributed by atoms with van der Waals surface area (Å²) < 4.78 is -0.614. The van der Waals surface area contributed by atoms with Crippen molar-refractivity contribution in [3.05, 3.63) is 0 Å². The van der Waals surface area contributed by atoms with E-state index in [9.17, 15) is 4.79 Å². The first-order valence-electron chi connectivity index (χ1n) is 8.35. The molecule has 2 aliphatic carbocycles. The van der Waals surface area contributed by atoms with Gasteiger partial charge in [0, 0.05) is 22.8 Å². The van der Waals surface area contributed by atoms with Crippen molar-refractivity contribution in [1.82, 2.24) is 4.90 Å². The van der Waals surface area contributed by atoms with Crippen molar-refractivity contribution in [2.75, 3.05) is 13.1 Å². The highest BCUT2D eigenvalue weighted by atomic mass is 35.5. The largest absolute Gasteiger partial charge is 0.297 e. The number of likely N-dealkylation sites (tertiary alicyclic amines) is 1. The number of halogens is 2. The van der Waals surface area contributed by atoms with Crippen LogP contribution in [0.5, 0.6) is 0 Å². The number of hydrogen-bond acceptors (Lipinski definition) is 2. The molecule has 0 aromatic carbocycles. The Labute approximate surface area is 138 Å². The zero-order chi connectivity index (χ0) is 15.7. The van der Waals surface area contributed by atoms with Crippen molar-refractivity contribution < 1.29 is 4.79 Å². The summed E-state index contributed by atoms with van der Waals surface area (Å²) in [5, 5.41) is 0. The van der Waals surface area contributed by atoms with Crippen LogP contribution in [-0.2, 0) is 4.79 Å². The van der Waals surface area contributed by atoms with Gasteiger partial charge < -0.3 is 0 Å². The van der Waals surface area contributed by atoms with Gasteiger partial charge in [-0.2, -0.15) is 0 Å². The first-order chi connectivity index (χ1) is 9.69. The van der Waals surface area contributed by atoms with Crippen molar-refractivity contribution in [3.63, 3.8) is 0 Å². The number of Topliss-reactive ketones (excluding diaryl/α,β-unsaturated/α-hetero) is 1. The summed E-state index contributed by atoms with van der Waals surface area (Å²) in [7, 11) is 0. The maximum atomic E-state index is 13.0. The molecule has 3 rings (SSSR count). The van der Waals surface area contributed by atoms with Crippen LogP contribution in [0.25, 0.3) is 0 Å². The Morgan fingerprint density at radius 1 is 1.24 bits per heavy atom. The zero-order valence-corrected chi connectivity index (χ0v) is 15.2. The van der Waals surface area contributed by atoms with Crippen LogP contribution < -0.4 is 0 Å². The molecule has 0 aromatic rings. The topological polar surface area (TPSA) is 20.3 Å². The molecule has 1 saturated heterocycles. The molecule has 2 spiro atoms. The summed E-state index contributed by atoms with van der Waals surface area (Å²) in [4.78, 5) is 15.3. The second-order valence-electron chi connectivity index (χ2n) is 7.98. The molecular formula is C17H27Cl2NO. The van der Waals surface area contributed by atoms with E-state index in [-0.39, 0.29) is 22.3 Å². The maximum absolute atomic E-state index is 13.0. The van der Waals surface area contributed by atoms with Crippen LogP contribution >= 0.6 is 23.2 Å². The Morgan fingerprint density at radius 2 is 1.86 bits per heavy atom. The maximum Gasteiger partial charge on any atom is 0.155 e. The standard InChI is InChI=1S/C17H27Cl2NO/c1-5-14(3,4)13(21)12-10-16(11-20(12)6-2)15(8-7-9-15)17(16,18)19/h12H,5-11H2,1-4H3/t12-,16+/m0/s1. The molecule has 2 saturated carbocycles. The number of hydrogen-bond donors (Lipinski definition) is 0. The fraction of sp³-hybridized carbons (Fsp3) is 0.941. The van der Waals surface area contributed by atoms with E-state index >= 15 is 0 Å². The third-order valence-electron chi connectivity index (χ3n) is 6.98. The lowest BCUT2D eigenvalue weighted by atomic mass is 9.73. The summed E-state index contributed by atoms with van der Waals surface area (Å²) in [6.45, 7) is 10.2. The molecule has 120 valence electrons. The summed E-state index contributed by atoms with van der Waals surface area (Å²) in [6, 6.07) is 0.00167. The molecule has 0 N–H and O–H groups in total. The van der Waals surface area contributed by atoms with Crippen molar-refractivity contribution in [1.29, 1.82) is 0 Å². The summed E-state index contributed by atoms with van der Waals surface area (Å²) in [5.74, 6) is 0.370. The fourth-order valence-corrected chi connectivity index (χ4v) is 6.12. The molecule has 4 heteroatoms. The number of alkyl halides is 2. The minimum atomic E-state index is -0.614. The minimum absolute atomic E-state index is 0.00167. The van der Waals surface area contributed by atoms with Crippen molar-refractivity contribution in [3.8, 4) is 0 Å². The summed E-state index contributed by atoms with van der Waals surface area (Å²) in [5.41, 5.74) is -0.198. The summed E-state index contributed by atoms with van der Waals surface area (Å²) >= 11 is 13.5.